The zero-order valence-electron chi connectivity index (χ0n) is 9.86. The Bertz CT molecular complexity index is 364. The van der Waals surface area contributed by atoms with Crippen LogP contribution in [0.25, 0.3) is 0 Å². The van der Waals surface area contributed by atoms with Crippen LogP contribution in [-0.4, -0.2) is 38.0 Å². The standard InChI is InChI=1S/C13H18N2O/c1-15(2)13(16)11-5-3-10(4-6-11)12-7-8-14-9-12/h3-6,12,14H,7-9H2,1-2H3. The lowest BCUT2D eigenvalue weighted by Crippen LogP contribution is -2.21. The molecule has 1 fully saturated rings. The van der Waals surface area contributed by atoms with Gasteiger partial charge in [-0.25, -0.2) is 0 Å². The van der Waals surface area contributed by atoms with E-state index in [2.05, 4.69) is 17.4 Å². The molecule has 0 aliphatic carbocycles. The summed E-state index contributed by atoms with van der Waals surface area (Å²) in [7, 11) is 3.55. The molecule has 0 saturated carbocycles. The lowest BCUT2D eigenvalue weighted by atomic mass is 9.97. The fourth-order valence-electron chi connectivity index (χ4n) is 2.10. The Morgan fingerprint density at radius 1 is 1.31 bits per heavy atom. The van der Waals surface area contributed by atoms with Crippen LogP contribution in [-0.2, 0) is 0 Å². The van der Waals surface area contributed by atoms with Gasteiger partial charge >= 0.3 is 0 Å². The molecule has 1 N–H and O–H groups in total. The summed E-state index contributed by atoms with van der Waals surface area (Å²) in [6.07, 6.45) is 1.20. The highest BCUT2D eigenvalue weighted by atomic mass is 16.2. The van der Waals surface area contributed by atoms with Crippen LogP contribution in [0.4, 0.5) is 0 Å². The van der Waals surface area contributed by atoms with E-state index in [1.165, 1.54) is 12.0 Å². The maximum Gasteiger partial charge on any atom is 0.253 e. The second-order valence-corrected chi connectivity index (χ2v) is 4.51. The van der Waals surface area contributed by atoms with Gasteiger partial charge in [0.1, 0.15) is 0 Å². The molecule has 3 heteroatoms. The van der Waals surface area contributed by atoms with Crippen LogP contribution in [0.1, 0.15) is 28.3 Å². The summed E-state index contributed by atoms with van der Waals surface area (Å²) in [5.41, 5.74) is 2.10. The molecule has 1 heterocycles. The lowest BCUT2D eigenvalue weighted by molar-refractivity contribution is 0.0827. The average molecular weight is 218 g/mol. The molecule has 86 valence electrons. The number of amides is 1. The zero-order valence-corrected chi connectivity index (χ0v) is 9.86. The summed E-state index contributed by atoms with van der Waals surface area (Å²) in [6.45, 7) is 2.16. The molecule has 0 radical (unpaired) electrons. The number of carbonyl (C=O) groups excluding carboxylic acids is 1. The van der Waals surface area contributed by atoms with Crippen molar-refractivity contribution >= 4 is 5.91 Å². The van der Waals surface area contributed by atoms with E-state index < -0.39 is 0 Å². The zero-order chi connectivity index (χ0) is 11.5. The molecule has 2 rings (SSSR count). The minimum atomic E-state index is 0.0658. The quantitative estimate of drug-likeness (QED) is 0.815. The Balaban J connectivity index is 2.12. The van der Waals surface area contributed by atoms with E-state index in [0.717, 1.165) is 18.7 Å². The highest BCUT2D eigenvalue weighted by molar-refractivity contribution is 5.93. The number of hydrogen-bond acceptors (Lipinski definition) is 2. The minimum Gasteiger partial charge on any atom is -0.345 e. The smallest absolute Gasteiger partial charge is 0.253 e. The minimum absolute atomic E-state index is 0.0658. The number of carbonyl (C=O) groups is 1. The molecule has 1 aliphatic rings. The Labute approximate surface area is 96.5 Å². The summed E-state index contributed by atoms with van der Waals surface area (Å²) in [4.78, 5) is 13.3. The molecule has 3 nitrogen and oxygen atoms in total. The first kappa shape index (κ1) is 11.1. The molecule has 1 atom stereocenters. The third-order valence-electron chi connectivity index (χ3n) is 3.10. The van der Waals surface area contributed by atoms with Crippen LogP contribution >= 0.6 is 0 Å². The van der Waals surface area contributed by atoms with Gasteiger partial charge in [-0.2, -0.15) is 0 Å². The van der Waals surface area contributed by atoms with Crippen LogP contribution in [0.3, 0.4) is 0 Å². The molecule has 1 aromatic carbocycles. The van der Waals surface area contributed by atoms with E-state index in [1.54, 1.807) is 19.0 Å². The molecule has 0 bridgehead atoms. The van der Waals surface area contributed by atoms with Gasteiger partial charge in [-0.15, -0.1) is 0 Å². The van der Waals surface area contributed by atoms with Crippen LogP contribution < -0.4 is 5.32 Å². The van der Waals surface area contributed by atoms with E-state index in [-0.39, 0.29) is 5.91 Å². The van der Waals surface area contributed by atoms with Crippen molar-refractivity contribution in [3.63, 3.8) is 0 Å². The van der Waals surface area contributed by atoms with Crippen LogP contribution in [0, 0.1) is 0 Å². The van der Waals surface area contributed by atoms with Gasteiger partial charge in [0.2, 0.25) is 0 Å². The number of benzene rings is 1. The number of hydrogen-bond donors (Lipinski definition) is 1. The Morgan fingerprint density at radius 3 is 2.50 bits per heavy atom. The molecule has 1 aliphatic heterocycles. The van der Waals surface area contributed by atoms with E-state index >= 15 is 0 Å². The number of rotatable bonds is 2. The lowest BCUT2D eigenvalue weighted by Gasteiger charge is -2.12. The highest BCUT2D eigenvalue weighted by Crippen LogP contribution is 2.22. The van der Waals surface area contributed by atoms with Crippen molar-refractivity contribution in [1.82, 2.24) is 10.2 Å². The van der Waals surface area contributed by atoms with Crippen molar-refractivity contribution in [2.75, 3.05) is 27.2 Å². The van der Waals surface area contributed by atoms with Crippen molar-refractivity contribution in [1.29, 1.82) is 0 Å². The Hall–Kier alpha value is -1.35. The fourth-order valence-corrected chi connectivity index (χ4v) is 2.10. The van der Waals surface area contributed by atoms with Gasteiger partial charge in [0, 0.05) is 26.2 Å². The summed E-state index contributed by atoms with van der Waals surface area (Å²) >= 11 is 0. The van der Waals surface area contributed by atoms with Gasteiger partial charge in [-0.1, -0.05) is 12.1 Å². The predicted octanol–water partition coefficient (Wildman–Crippen LogP) is 1.47. The first-order valence-electron chi connectivity index (χ1n) is 5.71. The maximum absolute atomic E-state index is 11.7. The number of nitrogens with zero attached hydrogens (tertiary/aromatic N) is 1. The summed E-state index contributed by atoms with van der Waals surface area (Å²) in [6, 6.07) is 8.01. The van der Waals surface area contributed by atoms with E-state index in [4.69, 9.17) is 0 Å². The normalized spacial score (nSPS) is 19.8. The molecule has 0 aromatic heterocycles. The molecular formula is C13H18N2O. The SMILES string of the molecule is CN(C)C(=O)c1ccc(C2CCNC2)cc1. The summed E-state index contributed by atoms with van der Waals surface area (Å²) in [5, 5.41) is 3.35. The highest BCUT2D eigenvalue weighted by Gasteiger charge is 2.16. The fraction of sp³-hybridized carbons (Fsp3) is 0.462. The van der Waals surface area contributed by atoms with Crippen molar-refractivity contribution in [3.8, 4) is 0 Å². The van der Waals surface area contributed by atoms with Crippen molar-refractivity contribution in [2.45, 2.75) is 12.3 Å². The van der Waals surface area contributed by atoms with Gasteiger partial charge in [-0.3, -0.25) is 4.79 Å². The third-order valence-corrected chi connectivity index (χ3v) is 3.10. The topological polar surface area (TPSA) is 32.3 Å². The first-order chi connectivity index (χ1) is 7.68. The Morgan fingerprint density at radius 2 is 2.00 bits per heavy atom. The number of nitrogens with one attached hydrogen (secondary N) is 1. The second-order valence-electron chi connectivity index (χ2n) is 4.51. The average Bonchev–Trinajstić information content (AvgIpc) is 2.81. The van der Waals surface area contributed by atoms with Gasteiger partial charge in [0.15, 0.2) is 0 Å². The molecule has 1 unspecified atom stereocenters. The summed E-state index contributed by atoms with van der Waals surface area (Å²) in [5.74, 6) is 0.680. The Kier molecular flexibility index (Phi) is 3.25. The monoisotopic (exact) mass is 218 g/mol. The second kappa shape index (κ2) is 4.66. The van der Waals surface area contributed by atoms with Gasteiger partial charge in [-0.05, 0) is 36.6 Å². The van der Waals surface area contributed by atoms with Crippen molar-refractivity contribution in [2.24, 2.45) is 0 Å². The van der Waals surface area contributed by atoms with Gasteiger partial charge in [0.05, 0.1) is 0 Å². The van der Waals surface area contributed by atoms with Crippen LogP contribution in [0.15, 0.2) is 24.3 Å². The molecule has 16 heavy (non-hydrogen) atoms. The first-order valence-corrected chi connectivity index (χ1v) is 5.71. The van der Waals surface area contributed by atoms with Gasteiger partial charge < -0.3 is 10.2 Å². The molecule has 1 aromatic rings. The third kappa shape index (κ3) is 2.25. The largest absolute Gasteiger partial charge is 0.345 e. The maximum atomic E-state index is 11.7. The molecular weight excluding hydrogens is 200 g/mol. The van der Waals surface area contributed by atoms with Crippen molar-refractivity contribution < 1.29 is 4.79 Å². The van der Waals surface area contributed by atoms with Crippen molar-refractivity contribution in [3.05, 3.63) is 35.4 Å². The van der Waals surface area contributed by atoms with E-state index in [9.17, 15) is 4.79 Å². The van der Waals surface area contributed by atoms with Crippen LogP contribution in [0.5, 0.6) is 0 Å². The molecule has 0 spiro atoms. The summed E-state index contributed by atoms with van der Waals surface area (Å²) < 4.78 is 0. The molecule has 1 saturated heterocycles. The van der Waals surface area contributed by atoms with E-state index in [1.807, 2.05) is 12.1 Å². The van der Waals surface area contributed by atoms with Crippen LogP contribution in [0.2, 0.25) is 0 Å². The van der Waals surface area contributed by atoms with E-state index in [0.29, 0.717) is 5.92 Å². The molecule has 1 amide bonds. The predicted molar refractivity (Wildman–Crippen MR) is 64.7 cm³/mol. The van der Waals surface area contributed by atoms with Gasteiger partial charge in [0.25, 0.3) is 5.91 Å².